The topological polar surface area (TPSA) is 43.4 Å². The zero-order valence-electron chi connectivity index (χ0n) is 9.69. The molecule has 0 aliphatic rings. The maximum atomic E-state index is 11.4. The van der Waals surface area contributed by atoms with Crippen LogP contribution in [0.15, 0.2) is 30.3 Å². The van der Waals surface area contributed by atoms with Crippen LogP contribution < -0.4 is 0 Å². The third-order valence-electron chi connectivity index (χ3n) is 2.40. The minimum absolute atomic E-state index is 0.143. The molecule has 17 heavy (non-hydrogen) atoms. The van der Waals surface area contributed by atoms with E-state index in [-0.39, 0.29) is 24.7 Å². The number of esters is 1. The van der Waals surface area contributed by atoms with Gasteiger partial charge in [0.2, 0.25) is 5.24 Å². The average molecular weight is 255 g/mol. The first kappa shape index (κ1) is 13.7. The van der Waals surface area contributed by atoms with Gasteiger partial charge in [-0.15, -0.1) is 0 Å². The molecular formula is C13H15ClO3. The Morgan fingerprint density at radius 2 is 1.88 bits per heavy atom. The van der Waals surface area contributed by atoms with Crippen LogP contribution in [0.2, 0.25) is 0 Å². The summed E-state index contributed by atoms with van der Waals surface area (Å²) in [7, 11) is 0. The van der Waals surface area contributed by atoms with E-state index in [1.807, 2.05) is 30.3 Å². The van der Waals surface area contributed by atoms with Crippen LogP contribution in [0.4, 0.5) is 0 Å². The van der Waals surface area contributed by atoms with E-state index in [0.29, 0.717) is 6.61 Å². The first-order valence-corrected chi connectivity index (χ1v) is 5.90. The second-order valence-electron chi connectivity index (χ2n) is 3.68. The molecule has 3 nitrogen and oxygen atoms in total. The molecule has 0 bridgehead atoms. The summed E-state index contributed by atoms with van der Waals surface area (Å²) in [4.78, 5) is 22.4. The van der Waals surface area contributed by atoms with E-state index >= 15 is 0 Å². The number of hydrogen-bond acceptors (Lipinski definition) is 3. The largest absolute Gasteiger partial charge is 0.466 e. The second kappa shape index (κ2) is 7.07. The highest BCUT2D eigenvalue weighted by Gasteiger charge is 2.19. The molecule has 0 aromatic heterocycles. The van der Waals surface area contributed by atoms with Crippen molar-refractivity contribution < 1.29 is 14.3 Å². The molecule has 0 spiro atoms. The van der Waals surface area contributed by atoms with Crippen LogP contribution in [0.25, 0.3) is 0 Å². The Kier molecular flexibility index (Phi) is 5.70. The number of hydrogen-bond donors (Lipinski definition) is 0. The minimum atomic E-state index is -0.442. The fraction of sp³-hybridized carbons (Fsp3) is 0.385. The predicted octanol–water partition coefficient (Wildman–Crippen LogP) is 2.88. The van der Waals surface area contributed by atoms with Crippen molar-refractivity contribution in [2.45, 2.75) is 25.7 Å². The molecule has 0 amide bonds. The average Bonchev–Trinajstić information content (AvgIpc) is 2.29. The Hall–Kier alpha value is -1.35. The van der Waals surface area contributed by atoms with Crippen molar-refractivity contribution in [1.29, 1.82) is 0 Å². The number of rotatable bonds is 6. The molecule has 0 heterocycles. The van der Waals surface area contributed by atoms with Crippen LogP contribution in [0, 0.1) is 0 Å². The second-order valence-corrected chi connectivity index (χ2v) is 4.10. The van der Waals surface area contributed by atoms with Gasteiger partial charge < -0.3 is 4.74 Å². The van der Waals surface area contributed by atoms with Crippen LogP contribution in [-0.2, 0) is 14.3 Å². The molecule has 0 aliphatic carbocycles. The van der Waals surface area contributed by atoms with Crippen molar-refractivity contribution in [1.82, 2.24) is 0 Å². The first-order valence-electron chi connectivity index (χ1n) is 5.52. The monoisotopic (exact) mass is 254 g/mol. The summed E-state index contributed by atoms with van der Waals surface area (Å²) < 4.78 is 4.88. The molecule has 0 fully saturated rings. The lowest BCUT2D eigenvalue weighted by Crippen LogP contribution is -2.12. The van der Waals surface area contributed by atoms with Crippen LogP contribution in [0.5, 0.6) is 0 Å². The van der Waals surface area contributed by atoms with Crippen molar-refractivity contribution in [3.05, 3.63) is 35.9 Å². The molecular weight excluding hydrogens is 240 g/mol. The third-order valence-corrected chi connectivity index (χ3v) is 2.55. The van der Waals surface area contributed by atoms with E-state index < -0.39 is 5.24 Å². The molecule has 0 N–H and O–H groups in total. The van der Waals surface area contributed by atoms with Gasteiger partial charge in [0.1, 0.15) is 0 Å². The minimum Gasteiger partial charge on any atom is -0.466 e. The van der Waals surface area contributed by atoms with Crippen molar-refractivity contribution in [2.24, 2.45) is 0 Å². The third kappa shape index (κ3) is 5.00. The van der Waals surface area contributed by atoms with Gasteiger partial charge in [0.05, 0.1) is 13.0 Å². The maximum Gasteiger partial charge on any atom is 0.306 e. The molecule has 1 aromatic rings. The number of halogens is 1. The van der Waals surface area contributed by atoms with Crippen molar-refractivity contribution in [3.8, 4) is 0 Å². The number of ether oxygens (including phenoxy) is 1. The molecule has 1 rings (SSSR count). The highest BCUT2D eigenvalue weighted by molar-refractivity contribution is 6.63. The molecule has 4 heteroatoms. The molecule has 1 atom stereocenters. The summed E-state index contributed by atoms with van der Waals surface area (Å²) in [6.45, 7) is 2.09. The number of benzene rings is 1. The van der Waals surface area contributed by atoms with Gasteiger partial charge in [0, 0.05) is 12.3 Å². The van der Waals surface area contributed by atoms with E-state index in [1.165, 1.54) is 0 Å². The lowest BCUT2D eigenvalue weighted by Gasteiger charge is -2.14. The zero-order chi connectivity index (χ0) is 12.7. The summed E-state index contributed by atoms with van der Waals surface area (Å²) in [6, 6.07) is 9.37. The summed E-state index contributed by atoms with van der Waals surface area (Å²) in [5, 5.41) is -0.442. The molecule has 0 unspecified atom stereocenters. The molecule has 0 saturated carbocycles. The van der Waals surface area contributed by atoms with Gasteiger partial charge >= 0.3 is 5.97 Å². The van der Waals surface area contributed by atoms with E-state index in [2.05, 4.69) is 0 Å². The van der Waals surface area contributed by atoms with Gasteiger partial charge in [-0.3, -0.25) is 9.59 Å². The van der Waals surface area contributed by atoms with Crippen molar-refractivity contribution in [2.75, 3.05) is 6.61 Å². The first-order chi connectivity index (χ1) is 8.13. The predicted molar refractivity (Wildman–Crippen MR) is 65.9 cm³/mol. The summed E-state index contributed by atoms with van der Waals surface area (Å²) >= 11 is 5.39. The van der Waals surface area contributed by atoms with Crippen molar-refractivity contribution >= 4 is 22.8 Å². The zero-order valence-corrected chi connectivity index (χ0v) is 10.4. The van der Waals surface area contributed by atoms with E-state index in [4.69, 9.17) is 16.3 Å². The van der Waals surface area contributed by atoms with Crippen LogP contribution in [-0.4, -0.2) is 17.8 Å². The van der Waals surface area contributed by atoms with Gasteiger partial charge in [-0.05, 0) is 24.1 Å². The van der Waals surface area contributed by atoms with E-state index in [9.17, 15) is 9.59 Å². The maximum absolute atomic E-state index is 11.4. The Morgan fingerprint density at radius 3 is 2.41 bits per heavy atom. The fourth-order valence-electron chi connectivity index (χ4n) is 1.65. The van der Waals surface area contributed by atoms with Gasteiger partial charge in [0.25, 0.3) is 0 Å². The molecule has 1 aromatic carbocycles. The SMILES string of the molecule is CCOC(=O)C[C@H](CC(=O)Cl)c1ccccc1. The lowest BCUT2D eigenvalue weighted by atomic mass is 9.93. The lowest BCUT2D eigenvalue weighted by molar-refractivity contribution is -0.143. The van der Waals surface area contributed by atoms with E-state index in [0.717, 1.165) is 5.56 Å². The fourth-order valence-corrected chi connectivity index (χ4v) is 1.83. The Bertz CT molecular complexity index is 376. The molecule has 0 radical (unpaired) electrons. The molecule has 92 valence electrons. The van der Waals surface area contributed by atoms with Gasteiger partial charge in [0.15, 0.2) is 0 Å². The van der Waals surface area contributed by atoms with Gasteiger partial charge in [-0.1, -0.05) is 30.3 Å². The summed E-state index contributed by atoms with van der Waals surface area (Å²) in [5.41, 5.74) is 0.926. The van der Waals surface area contributed by atoms with E-state index in [1.54, 1.807) is 6.92 Å². The number of carbonyl (C=O) groups excluding carboxylic acids is 2. The quantitative estimate of drug-likeness (QED) is 0.579. The normalized spacial score (nSPS) is 11.9. The molecule has 0 saturated heterocycles. The Balaban J connectivity index is 2.74. The van der Waals surface area contributed by atoms with Crippen LogP contribution in [0.3, 0.4) is 0 Å². The van der Waals surface area contributed by atoms with Gasteiger partial charge in [-0.2, -0.15) is 0 Å². The van der Waals surface area contributed by atoms with Crippen LogP contribution >= 0.6 is 11.6 Å². The highest BCUT2D eigenvalue weighted by Crippen LogP contribution is 2.24. The number of carbonyl (C=O) groups is 2. The summed E-state index contributed by atoms with van der Waals surface area (Å²) in [5.74, 6) is -0.514. The van der Waals surface area contributed by atoms with Crippen molar-refractivity contribution in [3.63, 3.8) is 0 Å². The molecule has 0 aliphatic heterocycles. The Labute approximate surface area is 106 Å². The Morgan fingerprint density at radius 1 is 1.24 bits per heavy atom. The van der Waals surface area contributed by atoms with Gasteiger partial charge in [-0.25, -0.2) is 0 Å². The van der Waals surface area contributed by atoms with Crippen LogP contribution in [0.1, 0.15) is 31.2 Å². The smallest absolute Gasteiger partial charge is 0.306 e. The summed E-state index contributed by atoms with van der Waals surface area (Å²) in [6.07, 6.45) is 0.320. The highest BCUT2D eigenvalue weighted by atomic mass is 35.5. The standard InChI is InChI=1S/C13H15ClO3/c1-2-17-13(16)9-11(8-12(14)15)10-6-4-3-5-7-10/h3-7,11H,2,8-9H2,1H3/t11-/m0/s1.